The molecule has 84 valence electrons. The number of rotatable bonds is 4. The molecule has 0 radical (unpaired) electrons. The smallest absolute Gasteiger partial charge is 0.307 e. The van der Waals surface area contributed by atoms with Crippen LogP contribution >= 0.6 is 23.1 Å². The third-order valence-corrected chi connectivity index (χ3v) is 4.78. The Labute approximate surface area is 102 Å². The number of hydrogen-bond donors (Lipinski definition) is 1. The quantitative estimate of drug-likeness (QED) is 0.843. The summed E-state index contributed by atoms with van der Waals surface area (Å²) in [6.45, 7) is 1.74. The van der Waals surface area contributed by atoms with Gasteiger partial charge in [0.1, 0.15) is 0 Å². The van der Waals surface area contributed by atoms with E-state index in [2.05, 4.69) is 17.5 Å². The number of thiophene rings is 1. The van der Waals surface area contributed by atoms with Crippen LogP contribution in [0.3, 0.4) is 0 Å². The van der Waals surface area contributed by atoms with E-state index in [0.717, 1.165) is 0 Å². The molecule has 2 aromatic rings. The normalized spacial score (nSPS) is 12.8. The highest BCUT2D eigenvalue weighted by Crippen LogP contribution is 2.33. The highest BCUT2D eigenvalue weighted by atomic mass is 32.2. The first-order valence-electron chi connectivity index (χ1n) is 5.00. The summed E-state index contributed by atoms with van der Waals surface area (Å²) in [5.41, 5.74) is 0. The van der Waals surface area contributed by atoms with Crippen molar-refractivity contribution in [2.24, 2.45) is 5.92 Å². The lowest BCUT2D eigenvalue weighted by Crippen LogP contribution is -2.11. The predicted molar refractivity (Wildman–Crippen MR) is 69.3 cm³/mol. The minimum Gasteiger partial charge on any atom is -0.481 e. The van der Waals surface area contributed by atoms with Crippen LogP contribution in [-0.2, 0) is 4.79 Å². The second kappa shape index (κ2) is 4.89. The standard InChI is InChI=1S/C12H12O2S2/c1-8(12(13)14)6-15-11-7-16-10-5-3-2-4-9(10)11/h2-5,7-8H,6H2,1H3,(H,13,14). The van der Waals surface area contributed by atoms with E-state index in [9.17, 15) is 4.79 Å². The molecule has 0 spiro atoms. The van der Waals surface area contributed by atoms with Crippen molar-refractivity contribution in [2.45, 2.75) is 11.8 Å². The van der Waals surface area contributed by atoms with E-state index in [-0.39, 0.29) is 5.92 Å². The number of aliphatic carboxylic acids is 1. The fourth-order valence-corrected chi connectivity index (χ4v) is 3.56. The van der Waals surface area contributed by atoms with Crippen molar-refractivity contribution in [3.05, 3.63) is 29.6 Å². The Balaban J connectivity index is 2.13. The Morgan fingerprint density at radius 3 is 3.00 bits per heavy atom. The van der Waals surface area contributed by atoms with Crippen LogP contribution in [0.4, 0.5) is 0 Å². The fraction of sp³-hybridized carbons (Fsp3) is 0.250. The van der Waals surface area contributed by atoms with Gasteiger partial charge in [-0.2, -0.15) is 0 Å². The molecule has 16 heavy (non-hydrogen) atoms. The van der Waals surface area contributed by atoms with E-state index in [1.54, 1.807) is 30.0 Å². The summed E-state index contributed by atoms with van der Waals surface area (Å²) in [7, 11) is 0. The maximum atomic E-state index is 10.7. The molecule has 2 rings (SSSR count). The van der Waals surface area contributed by atoms with Crippen LogP contribution in [0.1, 0.15) is 6.92 Å². The van der Waals surface area contributed by atoms with Gasteiger partial charge in [-0.05, 0) is 6.07 Å². The molecule has 0 saturated heterocycles. The summed E-state index contributed by atoms with van der Waals surface area (Å²) in [5, 5.41) is 12.1. The number of hydrogen-bond acceptors (Lipinski definition) is 3. The van der Waals surface area contributed by atoms with Crippen LogP contribution < -0.4 is 0 Å². The van der Waals surface area contributed by atoms with Gasteiger partial charge in [0, 0.05) is 26.1 Å². The van der Waals surface area contributed by atoms with E-state index in [4.69, 9.17) is 5.11 Å². The molecule has 0 amide bonds. The minimum atomic E-state index is -0.730. The number of carboxylic acid groups (broad SMARTS) is 1. The van der Waals surface area contributed by atoms with Crippen LogP contribution in [-0.4, -0.2) is 16.8 Å². The number of fused-ring (bicyclic) bond motifs is 1. The monoisotopic (exact) mass is 252 g/mol. The lowest BCUT2D eigenvalue weighted by Gasteiger charge is -2.04. The largest absolute Gasteiger partial charge is 0.481 e. The van der Waals surface area contributed by atoms with E-state index in [1.807, 2.05) is 12.1 Å². The van der Waals surface area contributed by atoms with E-state index in [1.165, 1.54) is 15.0 Å². The molecule has 1 unspecified atom stereocenters. The van der Waals surface area contributed by atoms with E-state index < -0.39 is 5.97 Å². The summed E-state index contributed by atoms with van der Waals surface area (Å²) < 4.78 is 1.26. The van der Waals surface area contributed by atoms with Gasteiger partial charge in [0.15, 0.2) is 0 Å². The minimum absolute atomic E-state index is 0.302. The first-order chi connectivity index (χ1) is 7.68. The van der Waals surface area contributed by atoms with Crippen molar-refractivity contribution in [1.29, 1.82) is 0 Å². The van der Waals surface area contributed by atoms with Gasteiger partial charge in [0.05, 0.1) is 5.92 Å². The maximum absolute atomic E-state index is 10.7. The van der Waals surface area contributed by atoms with Crippen molar-refractivity contribution in [3.8, 4) is 0 Å². The second-order valence-corrected chi connectivity index (χ2v) is 5.62. The molecular weight excluding hydrogens is 240 g/mol. The molecule has 1 aromatic carbocycles. The SMILES string of the molecule is CC(CSc1csc2ccccc12)C(=O)O. The fourth-order valence-electron chi connectivity index (χ4n) is 1.35. The van der Waals surface area contributed by atoms with Crippen molar-refractivity contribution in [1.82, 2.24) is 0 Å². The highest BCUT2D eigenvalue weighted by Gasteiger charge is 2.12. The second-order valence-electron chi connectivity index (χ2n) is 3.65. The van der Waals surface area contributed by atoms with Gasteiger partial charge in [-0.15, -0.1) is 23.1 Å². The van der Waals surface area contributed by atoms with Crippen LogP contribution in [0.15, 0.2) is 34.5 Å². The van der Waals surface area contributed by atoms with E-state index in [0.29, 0.717) is 5.75 Å². The highest BCUT2D eigenvalue weighted by molar-refractivity contribution is 7.99. The number of carboxylic acids is 1. The van der Waals surface area contributed by atoms with E-state index >= 15 is 0 Å². The molecule has 2 nitrogen and oxygen atoms in total. The zero-order valence-corrected chi connectivity index (χ0v) is 10.5. The molecule has 1 heterocycles. The molecule has 0 aliphatic rings. The predicted octanol–water partition coefficient (Wildman–Crippen LogP) is 3.71. The van der Waals surface area contributed by atoms with Crippen molar-refractivity contribution < 1.29 is 9.90 Å². The van der Waals surface area contributed by atoms with Gasteiger partial charge in [-0.1, -0.05) is 25.1 Å². The van der Waals surface area contributed by atoms with Gasteiger partial charge in [0.25, 0.3) is 0 Å². The molecule has 0 aliphatic heterocycles. The third-order valence-electron chi connectivity index (χ3n) is 2.36. The Hall–Kier alpha value is -1.00. The average molecular weight is 252 g/mol. The first-order valence-corrected chi connectivity index (χ1v) is 6.87. The van der Waals surface area contributed by atoms with Gasteiger partial charge >= 0.3 is 5.97 Å². The van der Waals surface area contributed by atoms with Gasteiger partial charge in [-0.25, -0.2) is 0 Å². The Morgan fingerprint density at radius 2 is 2.25 bits per heavy atom. The zero-order chi connectivity index (χ0) is 11.5. The van der Waals surface area contributed by atoms with Crippen molar-refractivity contribution in [2.75, 3.05) is 5.75 Å². The van der Waals surface area contributed by atoms with Crippen molar-refractivity contribution >= 4 is 39.2 Å². The van der Waals surface area contributed by atoms with Gasteiger partial charge in [0.2, 0.25) is 0 Å². The molecule has 1 aromatic heterocycles. The van der Waals surface area contributed by atoms with Crippen molar-refractivity contribution in [3.63, 3.8) is 0 Å². The average Bonchev–Trinajstić information content (AvgIpc) is 2.69. The lowest BCUT2D eigenvalue weighted by molar-refractivity contribution is -0.140. The maximum Gasteiger partial charge on any atom is 0.307 e. The lowest BCUT2D eigenvalue weighted by atomic mass is 10.2. The molecule has 4 heteroatoms. The first kappa shape index (κ1) is 11.5. The van der Waals surface area contributed by atoms with Crippen LogP contribution in [0.2, 0.25) is 0 Å². The molecule has 0 aliphatic carbocycles. The van der Waals surface area contributed by atoms with Crippen LogP contribution in [0.25, 0.3) is 10.1 Å². The van der Waals surface area contributed by atoms with Crippen LogP contribution in [0, 0.1) is 5.92 Å². The molecular formula is C12H12O2S2. The van der Waals surface area contributed by atoms with Gasteiger partial charge < -0.3 is 5.11 Å². The topological polar surface area (TPSA) is 37.3 Å². The summed E-state index contributed by atoms with van der Waals surface area (Å²) >= 11 is 3.33. The summed E-state index contributed by atoms with van der Waals surface area (Å²) in [6.07, 6.45) is 0. The third kappa shape index (κ3) is 2.39. The Bertz CT molecular complexity index is 504. The number of thioether (sulfide) groups is 1. The Morgan fingerprint density at radius 1 is 1.50 bits per heavy atom. The summed E-state index contributed by atoms with van der Waals surface area (Å²) in [6, 6.07) is 8.21. The molecule has 1 atom stereocenters. The molecule has 0 saturated carbocycles. The van der Waals surface area contributed by atoms with Gasteiger partial charge in [-0.3, -0.25) is 4.79 Å². The number of benzene rings is 1. The van der Waals surface area contributed by atoms with Crippen LogP contribution in [0.5, 0.6) is 0 Å². The number of carbonyl (C=O) groups is 1. The zero-order valence-electron chi connectivity index (χ0n) is 8.84. The molecule has 0 bridgehead atoms. The Kier molecular flexibility index (Phi) is 3.51. The summed E-state index contributed by atoms with van der Waals surface area (Å²) in [4.78, 5) is 11.9. The molecule has 0 fully saturated rings. The molecule has 1 N–H and O–H groups in total. The summed E-state index contributed by atoms with van der Waals surface area (Å²) in [5.74, 6) is -0.411.